The molecule has 1 aromatic carbocycles. The molecule has 0 radical (unpaired) electrons. The van der Waals surface area contributed by atoms with Gasteiger partial charge in [0.2, 0.25) is 0 Å². The number of amides is 4. The lowest BCUT2D eigenvalue weighted by Crippen LogP contribution is -2.54. The van der Waals surface area contributed by atoms with E-state index < -0.39 is 23.7 Å². The second kappa shape index (κ2) is 5.77. The zero-order chi connectivity index (χ0) is 17.4. The van der Waals surface area contributed by atoms with Crippen molar-refractivity contribution in [2.24, 2.45) is 0 Å². The summed E-state index contributed by atoms with van der Waals surface area (Å²) in [6.45, 7) is 3.41. The summed E-state index contributed by atoms with van der Waals surface area (Å²) in [5, 5.41) is 2.04. The average molecular weight is 328 g/mol. The number of anilines is 1. The Bertz CT molecular complexity index is 898. The Kier molecular flexibility index (Phi) is 3.76. The predicted octanol–water partition coefficient (Wildman–Crippen LogP) is 2.70. The third-order valence-corrected chi connectivity index (χ3v) is 3.57. The minimum atomic E-state index is -0.993. The molecule has 2 aromatic rings. The number of aryl methyl sites for hydroxylation is 2. The molecule has 6 nitrogen and oxygen atoms in total. The van der Waals surface area contributed by atoms with Gasteiger partial charge in [-0.2, -0.15) is 0 Å². The van der Waals surface area contributed by atoms with Crippen LogP contribution in [-0.2, 0) is 9.59 Å². The molecule has 0 bridgehead atoms. The van der Waals surface area contributed by atoms with Gasteiger partial charge in [0.25, 0.3) is 11.8 Å². The molecule has 7 heteroatoms. The van der Waals surface area contributed by atoms with Crippen molar-refractivity contribution in [3.63, 3.8) is 0 Å². The van der Waals surface area contributed by atoms with Crippen molar-refractivity contribution in [2.75, 3.05) is 4.90 Å². The molecule has 0 unspecified atom stereocenters. The normalized spacial score (nSPS) is 16.7. The van der Waals surface area contributed by atoms with Gasteiger partial charge in [0, 0.05) is 5.56 Å². The van der Waals surface area contributed by atoms with Crippen LogP contribution in [0.4, 0.5) is 14.9 Å². The minimum absolute atomic E-state index is 0.224. The molecular weight excluding hydrogens is 315 g/mol. The molecule has 1 aliphatic heterocycles. The number of imide groups is 2. The van der Waals surface area contributed by atoms with Crippen molar-refractivity contribution >= 4 is 29.6 Å². The molecule has 1 aromatic heterocycles. The van der Waals surface area contributed by atoms with Crippen LogP contribution in [0.2, 0.25) is 0 Å². The van der Waals surface area contributed by atoms with Gasteiger partial charge in [0.1, 0.15) is 22.9 Å². The maximum atomic E-state index is 13.9. The SMILES string of the molecule is Cc1cc(/C=C2\C(=O)NC(=O)N(c3ccccc3F)C2=O)c(C)o1. The first-order valence-corrected chi connectivity index (χ1v) is 7.11. The lowest BCUT2D eigenvalue weighted by Gasteiger charge is -2.26. The quantitative estimate of drug-likeness (QED) is 0.679. The van der Waals surface area contributed by atoms with Crippen molar-refractivity contribution in [2.45, 2.75) is 13.8 Å². The van der Waals surface area contributed by atoms with Gasteiger partial charge >= 0.3 is 6.03 Å². The summed E-state index contributed by atoms with van der Waals surface area (Å²) in [7, 11) is 0. The number of barbiturate groups is 1. The Hall–Kier alpha value is -3.22. The number of hydrogen-bond acceptors (Lipinski definition) is 4. The van der Waals surface area contributed by atoms with Gasteiger partial charge < -0.3 is 4.42 Å². The fourth-order valence-electron chi connectivity index (χ4n) is 2.46. The van der Waals surface area contributed by atoms with Crippen LogP contribution in [0.25, 0.3) is 6.08 Å². The summed E-state index contributed by atoms with van der Waals surface area (Å²) in [4.78, 5) is 37.2. The Morgan fingerprint density at radius 3 is 2.50 bits per heavy atom. The lowest BCUT2D eigenvalue weighted by atomic mass is 10.1. The number of benzene rings is 1. The zero-order valence-corrected chi connectivity index (χ0v) is 12.9. The second-order valence-electron chi connectivity index (χ2n) is 5.28. The summed E-state index contributed by atoms with van der Waals surface area (Å²) in [6.07, 6.45) is 1.32. The maximum absolute atomic E-state index is 13.9. The van der Waals surface area contributed by atoms with E-state index in [9.17, 15) is 18.8 Å². The summed E-state index contributed by atoms with van der Waals surface area (Å²) in [5.74, 6) is -1.34. The minimum Gasteiger partial charge on any atom is -0.466 e. The highest BCUT2D eigenvalue weighted by Crippen LogP contribution is 2.25. The smallest absolute Gasteiger partial charge is 0.336 e. The number of furan rings is 1. The summed E-state index contributed by atoms with van der Waals surface area (Å²) < 4.78 is 19.3. The van der Waals surface area contributed by atoms with Gasteiger partial charge in [-0.25, -0.2) is 14.1 Å². The standard InChI is InChI=1S/C17H13FN2O4/c1-9-7-11(10(2)24-9)8-12-15(21)19-17(23)20(16(12)22)14-6-4-3-5-13(14)18/h3-8H,1-2H3,(H,19,21,23)/b12-8+. The van der Waals surface area contributed by atoms with Crippen LogP contribution in [-0.4, -0.2) is 17.8 Å². The van der Waals surface area contributed by atoms with E-state index in [1.807, 2.05) is 5.32 Å². The summed E-state index contributed by atoms with van der Waals surface area (Å²) in [6, 6.07) is 6.00. The third-order valence-electron chi connectivity index (χ3n) is 3.57. The number of para-hydroxylation sites is 1. The first-order valence-electron chi connectivity index (χ1n) is 7.11. The third kappa shape index (κ3) is 2.60. The molecule has 0 atom stereocenters. The highest BCUT2D eigenvalue weighted by atomic mass is 19.1. The van der Waals surface area contributed by atoms with E-state index in [0.717, 1.165) is 6.07 Å². The van der Waals surface area contributed by atoms with Crippen molar-refractivity contribution < 1.29 is 23.2 Å². The van der Waals surface area contributed by atoms with E-state index in [1.165, 1.54) is 24.3 Å². The molecule has 1 aliphatic rings. The number of carbonyl (C=O) groups is 3. The van der Waals surface area contributed by atoms with E-state index in [-0.39, 0.29) is 11.3 Å². The van der Waals surface area contributed by atoms with Crippen molar-refractivity contribution in [3.8, 4) is 0 Å². The van der Waals surface area contributed by atoms with Gasteiger partial charge in [-0.15, -0.1) is 0 Å². The molecule has 3 rings (SSSR count). The molecule has 0 saturated carbocycles. The fourth-order valence-corrected chi connectivity index (χ4v) is 2.46. The molecule has 1 fully saturated rings. The van der Waals surface area contributed by atoms with Crippen LogP contribution in [0.3, 0.4) is 0 Å². The van der Waals surface area contributed by atoms with Gasteiger partial charge in [0.05, 0.1) is 5.69 Å². The summed E-state index contributed by atoms with van der Waals surface area (Å²) in [5.41, 5.74) is 0.0362. The Morgan fingerprint density at radius 2 is 1.88 bits per heavy atom. The zero-order valence-electron chi connectivity index (χ0n) is 12.9. The summed E-state index contributed by atoms with van der Waals surface area (Å²) >= 11 is 0. The monoisotopic (exact) mass is 328 g/mol. The van der Waals surface area contributed by atoms with Crippen molar-refractivity contribution in [1.82, 2.24) is 5.32 Å². The number of hydrogen-bond donors (Lipinski definition) is 1. The molecule has 2 heterocycles. The van der Waals surface area contributed by atoms with E-state index in [4.69, 9.17) is 4.42 Å². The number of nitrogens with one attached hydrogen (secondary N) is 1. The molecule has 1 saturated heterocycles. The number of carbonyl (C=O) groups excluding carboxylic acids is 3. The van der Waals surface area contributed by atoms with Crippen LogP contribution < -0.4 is 10.2 Å². The number of nitrogens with zero attached hydrogens (tertiary/aromatic N) is 1. The van der Waals surface area contributed by atoms with Crippen LogP contribution in [0.1, 0.15) is 17.1 Å². The van der Waals surface area contributed by atoms with Crippen LogP contribution >= 0.6 is 0 Å². The topological polar surface area (TPSA) is 79.6 Å². The molecule has 4 amide bonds. The van der Waals surface area contributed by atoms with Crippen LogP contribution in [0, 0.1) is 19.7 Å². The van der Waals surface area contributed by atoms with Crippen LogP contribution in [0.15, 0.2) is 40.3 Å². The van der Waals surface area contributed by atoms with E-state index in [1.54, 1.807) is 19.9 Å². The van der Waals surface area contributed by atoms with E-state index >= 15 is 0 Å². The van der Waals surface area contributed by atoms with Gasteiger partial charge in [-0.3, -0.25) is 14.9 Å². The van der Waals surface area contributed by atoms with Crippen LogP contribution in [0.5, 0.6) is 0 Å². The first kappa shape index (κ1) is 15.7. The van der Waals surface area contributed by atoms with Crippen molar-refractivity contribution in [3.05, 3.63) is 58.8 Å². The Balaban J connectivity index is 2.07. The van der Waals surface area contributed by atoms with Gasteiger partial charge in [0.15, 0.2) is 0 Å². The van der Waals surface area contributed by atoms with E-state index in [0.29, 0.717) is 22.0 Å². The number of rotatable bonds is 2. The molecule has 122 valence electrons. The second-order valence-corrected chi connectivity index (χ2v) is 5.28. The lowest BCUT2D eigenvalue weighted by molar-refractivity contribution is -0.122. The maximum Gasteiger partial charge on any atom is 0.336 e. The highest BCUT2D eigenvalue weighted by molar-refractivity contribution is 6.39. The fraction of sp³-hybridized carbons (Fsp3) is 0.118. The predicted molar refractivity (Wildman–Crippen MR) is 83.6 cm³/mol. The Labute approximate surface area is 136 Å². The Morgan fingerprint density at radius 1 is 1.17 bits per heavy atom. The highest BCUT2D eigenvalue weighted by Gasteiger charge is 2.38. The average Bonchev–Trinajstić information content (AvgIpc) is 2.83. The number of urea groups is 1. The molecule has 0 spiro atoms. The largest absolute Gasteiger partial charge is 0.466 e. The van der Waals surface area contributed by atoms with Crippen molar-refractivity contribution in [1.29, 1.82) is 0 Å². The molecule has 24 heavy (non-hydrogen) atoms. The molecule has 0 aliphatic carbocycles. The van der Waals surface area contributed by atoms with Gasteiger partial charge in [-0.1, -0.05) is 12.1 Å². The first-order chi connectivity index (χ1) is 11.4. The molecular formula is C17H13FN2O4. The van der Waals surface area contributed by atoms with E-state index in [2.05, 4.69) is 0 Å². The van der Waals surface area contributed by atoms with Gasteiger partial charge in [-0.05, 0) is 38.1 Å². The number of halogens is 1. The molecule has 1 N–H and O–H groups in total.